The zero-order valence-corrected chi connectivity index (χ0v) is 21.5. The second kappa shape index (κ2) is 14.1. The number of nitrogens with zero attached hydrogens (tertiary/aromatic N) is 5. The smallest absolute Gasteiger partial charge is 0.307 e. The summed E-state index contributed by atoms with van der Waals surface area (Å²) < 4.78 is 6.99. The molecule has 8 nitrogen and oxygen atoms in total. The molecule has 3 rings (SSSR count). The van der Waals surface area contributed by atoms with E-state index in [1.165, 1.54) is 65.1 Å². The Hall–Kier alpha value is -2.35. The maximum absolute atomic E-state index is 11.6. The number of rotatable bonds is 15. The molecule has 0 aromatic carbocycles. The molecule has 8 heteroatoms. The number of anilines is 2. The van der Waals surface area contributed by atoms with Gasteiger partial charge in [-0.25, -0.2) is 9.97 Å². The first-order chi connectivity index (χ1) is 16.7. The van der Waals surface area contributed by atoms with Gasteiger partial charge in [0.15, 0.2) is 5.65 Å². The summed E-state index contributed by atoms with van der Waals surface area (Å²) in [6, 6.07) is 4.20. The zero-order chi connectivity index (χ0) is 24.2. The lowest BCUT2D eigenvalue weighted by Crippen LogP contribution is -2.31. The number of likely N-dealkylation sites (tertiary alicyclic amines) is 1. The predicted molar refractivity (Wildman–Crippen MR) is 140 cm³/mol. The fourth-order valence-electron chi connectivity index (χ4n) is 4.57. The summed E-state index contributed by atoms with van der Waals surface area (Å²) in [5.41, 5.74) is 1.82. The highest BCUT2D eigenvalue weighted by molar-refractivity contribution is 5.77. The lowest BCUT2D eigenvalue weighted by atomic mass is 10.1. The number of hydrogen-bond donors (Lipinski definition) is 1. The van der Waals surface area contributed by atoms with Crippen molar-refractivity contribution in [2.24, 2.45) is 0 Å². The van der Waals surface area contributed by atoms with Gasteiger partial charge in [-0.1, -0.05) is 33.1 Å². The van der Waals surface area contributed by atoms with E-state index in [1.807, 2.05) is 0 Å². The molecule has 0 bridgehead atoms. The van der Waals surface area contributed by atoms with Gasteiger partial charge in [-0.15, -0.1) is 0 Å². The van der Waals surface area contributed by atoms with Gasteiger partial charge in [0.05, 0.1) is 13.5 Å². The maximum atomic E-state index is 11.6. The molecule has 1 saturated heterocycles. The average Bonchev–Trinajstić information content (AvgIpc) is 3.21. The monoisotopic (exact) mass is 472 g/mol. The lowest BCUT2D eigenvalue weighted by Gasteiger charge is -2.26. The van der Waals surface area contributed by atoms with Gasteiger partial charge in [-0.2, -0.15) is 0 Å². The summed E-state index contributed by atoms with van der Waals surface area (Å²) in [5.74, 6) is 1.60. The molecular weight excluding hydrogens is 428 g/mol. The van der Waals surface area contributed by atoms with Crippen molar-refractivity contribution < 1.29 is 9.53 Å². The third kappa shape index (κ3) is 7.58. The molecule has 1 fully saturated rings. The quantitative estimate of drug-likeness (QED) is 0.377. The lowest BCUT2D eigenvalue weighted by molar-refractivity contribution is -0.140. The summed E-state index contributed by atoms with van der Waals surface area (Å²) in [5, 5.41) is 3.36. The Morgan fingerprint density at radius 2 is 1.76 bits per heavy atom. The highest BCUT2D eigenvalue weighted by atomic mass is 16.5. The molecule has 0 atom stereocenters. The number of carbonyl (C=O) groups excluding carboxylic acids is 1. The van der Waals surface area contributed by atoms with Crippen LogP contribution < -0.4 is 10.2 Å². The fraction of sp³-hybridized carbons (Fsp3) is 0.731. The molecule has 0 spiro atoms. The van der Waals surface area contributed by atoms with Gasteiger partial charge in [0.2, 0.25) is 5.95 Å². The Morgan fingerprint density at radius 1 is 1.03 bits per heavy atom. The molecular formula is C26H44N6O2. The van der Waals surface area contributed by atoms with Crippen LogP contribution in [0, 0.1) is 0 Å². The van der Waals surface area contributed by atoms with E-state index in [9.17, 15) is 4.79 Å². The summed E-state index contributed by atoms with van der Waals surface area (Å²) in [6.45, 7) is 11.4. The third-order valence-corrected chi connectivity index (χ3v) is 6.61. The van der Waals surface area contributed by atoms with Crippen LogP contribution in [0.5, 0.6) is 0 Å². The molecule has 0 unspecified atom stereocenters. The summed E-state index contributed by atoms with van der Waals surface area (Å²) in [6.07, 6.45) is 10.0. The first-order valence-corrected chi connectivity index (χ1v) is 13.3. The molecule has 0 aliphatic carbocycles. The molecule has 1 aliphatic heterocycles. The van der Waals surface area contributed by atoms with E-state index in [0.29, 0.717) is 13.0 Å². The number of fused-ring (bicyclic) bond motifs is 1. The van der Waals surface area contributed by atoms with Crippen LogP contribution in [-0.4, -0.2) is 71.8 Å². The second-order valence-electron chi connectivity index (χ2n) is 9.30. The summed E-state index contributed by atoms with van der Waals surface area (Å²) in [4.78, 5) is 26.5. The van der Waals surface area contributed by atoms with E-state index in [2.05, 4.69) is 45.7 Å². The van der Waals surface area contributed by atoms with E-state index >= 15 is 0 Å². The number of ether oxygens (including phenoxy) is 1. The van der Waals surface area contributed by atoms with Gasteiger partial charge >= 0.3 is 5.97 Å². The standard InChI is InChI=1S/C26H44N6O2/c1-4-6-19-31(20-7-5-2)23-13-12-22-25(29-23)32(21-11-18-30-16-9-8-10-17-30)26(28-22)27-15-14-24(33)34-3/h12-13H,4-11,14-21H2,1-3H3,(H,27,28). The normalized spacial score (nSPS) is 14.4. The minimum atomic E-state index is -0.219. The molecule has 34 heavy (non-hydrogen) atoms. The van der Waals surface area contributed by atoms with Gasteiger partial charge in [-0.05, 0) is 63.9 Å². The van der Waals surface area contributed by atoms with Crippen LogP contribution in [0.2, 0.25) is 0 Å². The fourth-order valence-corrected chi connectivity index (χ4v) is 4.57. The number of aryl methyl sites for hydroxylation is 1. The Bertz CT molecular complexity index is 870. The Labute approximate surface area is 205 Å². The Morgan fingerprint density at radius 3 is 2.44 bits per heavy atom. The minimum Gasteiger partial charge on any atom is -0.469 e. The SMILES string of the molecule is CCCCN(CCCC)c1ccc2nc(NCCC(=O)OC)n(CCCN3CCCCC3)c2n1. The Balaban J connectivity index is 1.80. The van der Waals surface area contributed by atoms with E-state index in [-0.39, 0.29) is 5.97 Å². The van der Waals surface area contributed by atoms with Crippen molar-refractivity contribution >= 4 is 28.9 Å². The van der Waals surface area contributed by atoms with Crippen molar-refractivity contribution in [1.29, 1.82) is 0 Å². The molecule has 0 amide bonds. The molecule has 2 aromatic rings. The number of unbranched alkanes of at least 4 members (excludes halogenated alkanes) is 2. The van der Waals surface area contributed by atoms with E-state index in [0.717, 1.165) is 55.5 Å². The number of imidazole rings is 1. The number of carbonyl (C=O) groups is 1. The molecule has 0 radical (unpaired) electrons. The van der Waals surface area contributed by atoms with E-state index in [1.54, 1.807) is 0 Å². The van der Waals surface area contributed by atoms with Crippen molar-refractivity contribution in [1.82, 2.24) is 19.4 Å². The van der Waals surface area contributed by atoms with Crippen molar-refractivity contribution in [3.8, 4) is 0 Å². The number of piperidine rings is 1. The van der Waals surface area contributed by atoms with Crippen molar-refractivity contribution in [3.05, 3.63) is 12.1 Å². The number of methoxy groups -OCH3 is 1. The molecule has 190 valence electrons. The number of hydrogen-bond acceptors (Lipinski definition) is 7. The number of nitrogens with one attached hydrogen (secondary N) is 1. The van der Waals surface area contributed by atoms with Gasteiger partial charge in [0.25, 0.3) is 0 Å². The molecule has 0 saturated carbocycles. The van der Waals surface area contributed by atoms with Crippen molar-refractivity contribution in [2.45, 2.75) is 78.2 Å². The molecule has 1 N–H and O–H groups in total. The Kier molecular flexibility index (Phi) is 10.9. The maximum Gasteiger partial charge on any atom is 0.307 e. The third-order valence-electron chi connectivity index (χ3n) is 6.61. The van der Waals surface area contributed by atoms with Crippen LogP contribution in [0.3, 0.4) is 0 Å². The summed E-state index contributed by atoms with van der Waals surface area (Å²) >= 11 is 0. The number of esters is 1. The molecule has 2 aromatic heterocycles. The molecule has 1 aliphatic rings. The topological polar surface area (TPSA) is 75.5 Å². The van der Waals surface area contributed by atoms with Crippen LogP contribution in [-0.2, 0) is 16.1 Å². The van der Waals surface area contributed by atoms with Crippen LogP contribution in [0.4, 0.5) is 11.8 Å². The van der Waals surface area contributed by atoms with Gasteiger partial charge in [0.1, 0.15) is 11.3 Å². The van der Waals surface area contributed by atoms with Crippen LogP contribution in [0.25, 0.3) is 11.2 Å². The largest absolute Gasteiger partial charge is 0.469 e. The highest BCUT2D eigenvalue weighted by Gasteiger charge is 2.16. The first-order valence-electron chi connectivity index (χ1n) is 13.3. The van der Waals surface area contributed by atoms with Crippen LogP contribution in [0.1, 0.15) is 71.6 Å². The van der Waals surface area contributed by atoms with Gasteiger partial charge in [0, 0.05) is 26.2 Å². The van der Waals surface area contributed by atoms with Crippen molar-refractivity contribution in [2.75, 3.05) is 56.6 Å². The number of aromatic nitrogens is 3. The predicted octanol–water partition coefficient (Wildman–Crippen LogP) is 4.69. The average molecular weight is 473 g/mol. The van der Waals surface area contributed by atoms with Gasteiger partial charge < -0.3 is 19.9 Å². The number of pyridine rings is 1. The minimum absolute atomic E-state index is 0.219. The van der Waals surface area contributed by atoms with Crippen LogP contribution in [0.15, 0.2) is 12.1 Å². The van der Waals surface area contributed by atoms with E-state index in [4.69, 9.17) is 14.7 Å². The second-order valence-corrected chi connectivity index (χ2v) is 9.30. The molecule has 3 heterocycles. The van der Waals surface area contributed by atoms with E-state index < -0.39 is 0 Å². The zero-order valence-electron chi connectivity index (χ0n) is 21.5. The summed E-state index contributed by atoms with van der Waals surface area (Å²) in [7, 11) is 1.42. The van der Waals surface area contributed by atoms with Gasteiger partial charge in [-0.3, -0.25) is 9.36 Å². The first kappa shape index (κ1) is 26.3. The van der Waals surface area contributed by atoms with Crippen molar-refractivity contribution in [3.63, 3.8) is 0 Å². The van der Waals surface area contributed by atoms with Crippen LogP contribution >= 0.6 is 0 Å². The highest BCUT2D eigenvalue weighted by Crippen LogP contribution is 2.23.